The number of hydrogen-bond donors (Lipinski definition) is 1. The number of carbonyl (C=O) groups is 1. The number of piperidine rings is 1. The molecule has 0 atom stereocenters. The highest BCUT2D eigenvalue weighted by Gasteiger charge is 2.20. The van der Waals surface area contributed by atoms with Gasteiger partial charge in [-0.2, -0.15) is 0 Å². The van der Waals surface area contributed by atoms with Crippen molar-refractivity contribution in [2.75, 3.05) is 25.1 Å². The maximum absolute atomic E-state index is 11.5. The number of carbonyl (C=O) groups excluding carboxylic acids is 1. The van der Waals surface area contributed by atoms with Gasteiger partial charge in [-0.15, -0.1) is 0 Å². The maximum Gasteiger partial charge on any atom is 0.337 e. The van der Waals surface area contributed by atoms with Gasteiger partial charge in [0.25, 0.3) is 0 Å². The molecule has 1 N–H and O–H groups in total. The van der Waals surface area contributed by atoms with Crippen LogP contribution in [0.5, 0.6) is 0 Å². The number of aliphatic hydroxyl groups excluding tert-OH is 1. The molecule has 1 fully saturated rings. The Morgan fingerprint density at radius 3 is 2.72 bits per heavy atom. The molecule has 0 saturated carbocycles. The Kier molecular flexibility index (Phi) is 4.09. The van der Waals surface area contributed by atoms with Crippen molar-refractivity contribution in [2.24, 2.45) is 0 Å². The van der Waals surface area contributed by atoms with E-state index in [0.29, 0.717) is 10.6 Å². The second-order valence-corrected chi connectivity index (χ2v) is 4.78. The van der Waals surface area contributed by atoms with Gasteiger partial charge in [0.1, 0.15) is 0 Å². The Labute approximate surface area is 111 Å². The van der Waals surface area contributed by atoms with Gasteiger partial charge in [0.05, 0.1) is 29.5 Å². The monoisotopic (exact) mass is 269 g/mol. The summed E-state index contributed by atoms with van der Waals surface area (Å²) in [6.07, 6.45) is 1.21. The minimum atomic E-state index is -0.370. The van der Waals surface area contributed by atoms with Crippen molar-refractivity contribution >= 4 is 23.3 Å². The molecule has 0 unspecified atom stereocenters. The summed E-state index contributed by atoms with van der Waals surface area (Å²) >= 11 is 6.16. The zero-order valence-electron chi connectivity index (χ0n) is 10.2. The summed E-state index contributed by atoms with van der Waals surface area (Å²) in [6, 6.07) is 5.09. The molecule has 1 aliphatic heterocycles. The number of methoxy groups -OCH3 is 1. The fourth-order valence-electron chi connectivity index (χ4n) is 2.11. The Bertz CT molecular complexity index is 442. The quantitative estimate of drug-likeness (QED) is 0.836. The highest BCUT2D eigenvalue weighted by Crippen LogP contribution is 2.29. The van der Waals surface area contributed by atoms with Crippen LogP contribution >= 0.6 is 11.6 Å². The molecule has 1 heterocycles. The van der Waals surface area contributed by atoms with E-state index in [9.17, 15) is 9.90 Å². The molecule has 1 aromatic carbocycles. The average Bonchev–Trinajstić information content (AvgIpc) is 2.39. The summed E-state index contributed by atoms with van der Waals surface area (Å²) in [5, 5.41) is 10.1. The lowest BCUT2D eigenvalue weighted by Crippen LogP contribution is -2.36. The molecular weight excluding hydrogens is 254 g/mol. The molecule has 0 aromatic heterocycles. The van der Waals surface area contributed by atoms with Crippen LogP contribution < -0.4 is 4.90 Å². The summed E-state index contributed by atoms with van der Waals surface area (Å²) in [7, 11) is 1.36. The lowest BCUT2D eigenvalue weighted by Gasteiger charge is -2.32. The summed E-state index contributed by atoms with van der Waals surface area (Å²) < 4.78 is 4.69. The summed E-state index contributed by atoms with van der Waals surface area (Å²) in [4.78, 5) is 13.6. The van der Waals surface area contributed by atoms with E-state index in [1.807, 2.05) is 0 Å². The molecular formula is C13H16ClNO3. The minimum Gasteiger partial charge on any atom is -0.465 e. The highest BCUT2D eigenvalue weighted by molar-refractivity contribution is 6.33. The number of esters is 1. The van der Waals surface area contributed by atoms with Crippen molar-refractivity contribution in [3.63, 3.8) is 0 Å². The number of nitrogens with zero attached hydrogens (tertiary/aromatic N) is 1. The largest absolute Gasteiger partial charge is 0.465 e. The zero-order chi connectivity index (χ0) is 13.1. The third kappa shape index (κ3) is 2.76. The van der Waals surface area contributed by atoms with Crippen LogP contribution in [0.1, 0.15) is 23.2 Å². The summed E-state index contributed by atoms with van der Waals surface area (Å²) in [5.41, 5.74) is 1.31. The van der Waals surface area contributed by atoms with Crippen molar-refractivity contribution < 1.29 is 14.6 Å². The molecule has 18 heavy (non-hydrogen) atoms. The standard InChI is InChI=1S/C13H16ClNO3/c1-18-13(17)9-2-3-11(14)12(8-9)15-6-4-10(16)5-7-15/h2-3,8,10,16H,4-7H2,1H3. The van der Waals surface area contributed by atoms with Gasteiger partial charge < -0.3 is 14.7 Å². The zero-order valence-corrected chi connectivity index (χ0v) is 11.0. The molecule has 1 saturated heterocycles. The van der Waals surface area contributed by atoms with E-state index in [4.69, 9.17) is 16.3 Å². The van der Waals surface area contributed by atoms with Crippen LogP contribution in [0, 0.1) is 0 Å². The van der Waals surface area contributed by atoms with Gasteiger partial charge in [-0.25, -0.2) is 4.79 Å². The van der Waals surface area contributed by atoms with Gasteiger partial charge in [-0.1, -0.05) is 11.6 Å². The highest BCUT2D eigenvalue weighted by atomic mass is 35.5. The SMILES string of the molecule is COC(=O)c1ccc(Cl)c(N2CCC(O)CC2)c1. The first-order valence-corrected chi connectivity index (χ1v) is 6.30. The average molecular weight is 270 g/mol. The Morgan fingerprint density at radius 2 is 2.11 bits per heavy atom. The molecule has 0 radical (unpaired) electrons. The number of hydrogen-bond acceptors (Lipinski definition) is 4. The number of halogens is 1. The fourth-order valence-corrected chi connectivity index (χ4v) is 2.34. The number of ether oxygens (including phenoxy) is 1. The molecule has 4 nitrogen and oxygen atoms in total. The smallest absolute Gasteiger partial charge is 0.337 e. The van der Waals surface area contributed by atoms with Crippen LogP contribution in [0.2, 0.25) is 5.02 Å². The van der Waals surface area contributed by atoms with Crippen molar-refractivity contribution in [3.05, 3.63) is 28.8 Å². The van der Waals surface area contributed by atoms with E-state index in [1.165, 1.54) is 7.11 Å². The van der Waals surface area contributed by atoms with Gasteiger partial charge in [-0.3, -0.25) is 0 Å². The molecule has 98 valence electrons. The fraction of sp³-hybridized carbons (Fsp3) is 0.462. The number of benzene rings is 1. The van der Waals surface area contributed by atoms with Crippen LogP contribution in [0.15, 0.2) is 18.2 Å². The van der Waals surface area contributed by atoms with Gasteiger partial charge in [-0.05, 0) is 31.0 Å². The van der Waals surface area contributed by atoms with Gasteiger partial charge >= 0.3 is 5.97 Å². The van der Waals surface area contributed by atoms with E-state index >= 15 is 0 Å². The van der Waals surface area contributed by atoms with Crippen molar-refractivity contribution in [1.82, 2.24) is 0 Å². The molecule has 2 rings (SSSR count). The number of aliphatic hydroxyl groups is 1. The summed E-state index contributed by atoms with van der Waals surface area (Å²) in [5.74, 6) is -0.370. The first-order valence-electron chi connectivity index (χ1n) is 5.92. The van der Waals surface area contributed by atoms with Crippen LogP contribution in [0.4, 0.5) is 5.69 Å². The number of rotatable bonds is 2. The Balaban J connectivity index is 2.23. The molecule has 5 heteroatoms. The van der Waals surface area contributed by atoms with Crippen molar-refractivity contribution in [3.8, 4) is 0 Å². The van der Waals surface area contributed by atoms with Crippen LogP contribution in [-0.4, -0.2) is 37.4 Å². The van der Waals surface area contributed by atoms with Gasteiger partial charge in [0.2, 0.25) is 0 Å². The Morgan fingerprint density at radius 1 is 1.44 bits per heavy atom. The van der Waals surface area contributed by atoms with Gasteiger partial charge in [0, 0.05) is 13.1 Å². The van der Waals surface area contributed by atoms with E-state index < -0.39 is 0 Å². The summed E-state index contributed by atoms with van der Waals surface area (Å²) in [6.45, 7) is 1.48. The second kappa shape index (κ2) is 5.59. The van der Waals surface area contributed by atoms with E-state index in [0.717, 1.165) is 31.6 Å². The van der Waals surface area contributed by atoms with Crippen LogP contribution in [-0.2, 0) is 4.74 Å². The molecule has 0 amide bonds. The number of anilines is 1. The third-order valence-corrected chi connectivity index (χ3v) is 3.49. The van der Waals surface area contributed by atoms with E-state index in [-0.39, 0.29) is 12.1 Å². The third-order valence-electron chi connectivity index (χ3n) is 3.17. The molecule has 0 bridgehead atoms. The lowest BCUT2D eigenvalue weighted by molar-refractivity contribution is 0.0600. The Hall–Kier alpha value is -1.26. The van der Waals surface area contributed by atoms with E-state index in [2.05, 4.69) is 4.90 Å². The van der Waals surface area contributed by atoms with Crippen molar-refractivity contribution in [1.29, 1.82) is 0 Å². The van der Waals surface area contributed by atoms with Crippen LogP contribution in [0.3, 0.4) is 0 Å². The second-order valence-electron chi connectivity index (χ2n) is 4.38. The molecule has 0 spiro atoms. The normalized spacial score (nSPS) is 16.7. The first kappa shape index (κ1) is 13.2. The predicted octanol–water partition coefficient (Wildman–Crippen LogP) is 2.09. The molecule has 0 aliphatic carbocycles. The van der Waals surface area contributed by atoms with Crippen molar-refractivity contribution in [2.45, 2.75) is 18.9 Å². The van der Waals surface area contributed by atoms with Gasteiger partial charge in [0.15, 0.2) is 0 Å². The lowest BCUT2D eigenvalue weighted by atomic mass is 10.1. The molecule has 1 aromatic rings. The van der Waals surface area contributed by atoms with E-state index in [1.54, 1.807) is 18.2 Å². The molecule has 1 aliphatic rings. The van der Waals surface area contributed by atoms with Crippen LogP contribution in [0.25, 0.3) is 0 Å². The topological polar surface area (TPSA) is 49.8 Å². The maximum atomic E-state index is 11.5. The first-order chi connectivity index (χ1) is 8.61. The minimum absolute atomic E-state index is 0.233. The predicted molar refractivity (Wildman–Crippen MR) is 70.2 cm³/mol.